The summed E-state index contributed by atoms with van der Waals surface area (Å²) in [6, 6.07) is 74.5. The van der Waals surface area contributed by atoms with E-state index in [-0.39, 0.29) is 0 Å². The molecule has 0 saturated carbocycles. The highest BCUT2D eigenvalue weighted by Crippen LogP contribution is 2.39. The molecule has 0 fully saturated rings. The molecule has 0 aliphatic carbocycles. The molecular formula is C58H35N3O2. The van der Waals surface area contributed by atoms with Gasteiger partial charge in [0.05, 0.1) is 22.4 Å². The number of nitrogens with zero attached hydrogens (tertiary/aromatic N) is 3. The van der Waals surface area contributed by atoms with Crippen LogP contribution in [0.25, 0.3) is 128 Å². The van der Waals surface area contributed by atoms with Crippen molar-refractivity contribution < 1.29 is 8.83 Å². The summed E-state index contributed by atoms with van der Waals surface area (Å²) in [6.07, 6.45) is 0. The third kappa shape index (κ3) is 5.86. The van der Waals surface area contributed by atoms with Crippen molar-refractivity contribution in [2.45, 2.75) is 0 Å². The summed E-state index contributed by atoms with van der Waals surface area (Å²) in [7, 11) is 0. The fourth-order valence-corrected chi connectivity index (χ4v) is 9.36. The first-order valence-corrected chi connectivity index (χ1v) is 21.2. The Morgan fingerprint density at radius 2 is 0.714 bits per heavy atom. The van der Waals surface area contributed by atoms with E-state index in [0.29, 0.717) is 5.82 Å². The van der Waals surface area contributed by atoms with Crippen LogP contribution in [0.5, 0.6) is 0 Å². The van der Waals surface area contributed by atoms with Gasteiger partial charge >= 0.3 is 0 Å². The molecule has 0 amide bonds. The van der Waals surface area contributed by atoms with E-state index in [2.05, 4.69) is 187 Å². The number of furan rings is 2. The van der Waals surface area contributed by atoms with Crippen LogP contribution >= 0.6 is 0 Å². The zero-order valence-corrected chi connectivity index (χ0v) is 33.9. The molecule has 0 aliphatic heterocycles. The van der Waals surface area contributed by atoms with Crippen molar-refractivity contribution in [2.75, 3.05) is 0 Å². The Hall–Kier alpha value is -8.54. The number of fused-ring (bicyclic) bond motifs is 9. The van der Waals surface area contributed by atoms with E-state index in [1.807, 2.05) is 30.3 Å². The standard InChI is InChI=1S/C58H35N3O2/c1-2-12-36(13-3-1)50-35-51(37-22-26-43(27-23-37)61-52-18-8-4-14-44(52)45-15-5-9-19-53(45)61)60-58(59-50)42-31-40(38-24-28-56-48(33-38)46-16-6-10-20-54(46)62-56)30-41(32-42)39-25-29-57-49(34-39)47-17-7-11-21-55(47)63-57/h1-35H. The molecule has 0 aliphatic rings. The van der Waals surface area contributed by atoms with Gasteiger partial charge in [0.2, 0.25) is 0 Å². The average molecular weight is 806 g/mol. The van der Waals surface area contributed by atoms with Crippen molar-refractivity contribution in [3.63, 3.8) is 0 Å². The lowest BCUT2D eigenvalue weighted by atomic mass is 9.94. The fraction of sp³-hybridized carbons (Fsp3) is 0. The smallest absolute Gasteiger partial charge is 0.160 e. The predicted octanol–water partition coefficient (Wildman–Crippen LogP) is 15.7. The molecule has 9 aromatic carbocycles. The van der Waals surface area contributed by atoms with Gasteiger partial charge in [-0.15, -0.1) is 0 Å². The lowest BCUT2D eigenvalue weighted by Crippen LogP contribution is -1.98. The second-order valence-electron chi connectivity index (χ2n) is 16.2. The normalized spacial score (nSPS) is 11.8. The van der Waals surface area contributed by atoms with E-state index in [0.717, 1.165) is 99.9 Å². The molecule has 13 rings (SSSR count). The zero-order valence-electron chi connectivity index (χ0n) is 33.9. The molecule has 0 radical (unpaired) electrons. The Kier molecular flexibility index (Phi) is 7.84. The Morgan fingerprint density at radius 3 is 1.27 bits per heavy atom. The van der Waals surface area contributed by atoms with Crippen LogP contribution in [-0.4, -0.2) is 14.5 Å². The van der Waals surface area contributed by atoms with Crippen LogP contribution in [0.1, 0.15) is 0 Å². The first-order chi connectivity index (χ1) is 31.2. The van der Waals surface area contributed by atoms with Gasteiger partial charge < -0.3 is 13.4 Å². The summed E-state index contributed by atoms with van der Waals surface area (Å²) in [5.74, 6) is 0.644. The van der Waals surface area contributed by atoms with E-state index in [4.69, 9.17) is 18.8 Å². The molecule has 63 heavy (non-hydrogen) atoms. The average Bonchev–Trinajstić information content (AvgIpc) is 4.03. The first-order valence-electron chi connectivity index (χ1n) is 21.2. The molecule has 0 saturated heterocycles. The minimum Gasteiger partial charge on any atom is -0.456 e. The van der Waals surface area contributed by atoms with E-state index >= 15 is 0 Å². The Morgan fingerprint density at radius 1 is 0.286 bits per heavy atom. The molecule has 13 aromatic rings. The topological polar surface area (TPSA) is 57.0 Å². The van der Waals surface area contributed by atoms with Crippen LogP contribution in [0.15, 0.2) is 221 Å². The molecule has 0 N–H and O–H groups in total. The largest absolute Gasteiger partial charge is 0.456 e. The van der Waals surface area contributed by atoms with Crippen molar-refractivity contribution in [1.29, 1.82) is 0 Å². The Balaban J connectivity index is 0.996. The number of aromatic nitrogens is 3. The van der Waals surface area contributed by atoms with Gasteiger partial charge in [-0.3, -0.25) is 0 Å². The van der Waals surface area contributed by atoms with Crippen LogP contribution in [0, 0.1) is 0 Å². The number of para-hydroxylation sites is 4. The maximum Gasteiger partial charge on any atom is 0.160 e. The molecule has 5 nitrogen and oxygen atoms in total. The third-order valence-corrected chi connectivity index (χ3v) is 12.4. The maximum atomic E-state index is 6.24. The predicted molar refractivity (Wildman–Crippen MR) is 258 cm³/mol. The highest BCUT2D eigenvalue weighted by Gasteiger charge is 2.17. The second kappa shape index (κ2) is 14.0. The second-order valence-corrected chi connectivity index (χ2v) is 16.2. The van der Waals surface area contributed by atoms with E-state index in [9.17, 15) is 0 Å². The summed E-state index contributed by atoms with van der Waals surface area (Å²) < 4.78 is 14.8. The number of rotatable bonds is 6. The van der Waals surface area contributed by atoms with Crippen molar-refractivity contribution in [3.8, 4) is 61.8 Å². The molecular weight excluding hydrogens is 771 g/mol. The third-order valence-electron chi connectivity index (χ3n) is 12.4. The van der Waals surface area contributed by atoms with E-state index < -0.39 is 0 Å². The van der Waals surface area contributed by atoms with Gasteiger partial charge in [-0.25, -0.2) is 9.97 Å². The molecule has 294 valence electrons. The fourth-order valence-electron chi connectivity index (χ4n) is 9.36. The van der Waals surface area contributed by atoms with Gasteiger partial charge in [0, 0.05) is 54.7 Å². The van der Waals surface area contributed by atoms with Crippen molar-refractivity contribution in [1.82, 2.24) is 14.5 Å². The SMILES string of the molecule is c1ccc(-c2cc(-c3ccc(-n4c5ccccc5c5ccccc54)cc3)nc(-c3cc(-c4ccc5oc6ccccc6c5c4)cc(-c4ccc5oc6ccccc6c5c4)c3)n2)cc1. The summed E-state index contributed by atoms with van der Waals surface area (Å²) >= 11 is 0. The van der Waals surface area contributed by atoms with Gasteiger partial charge in [0.25, 0.3) is 0 Å². The Labute approximate surface area is 361 Å². The summed E-state index contributed by atoms with van der Waals surface area (Å²) in [6.45, 7) is 0. The quantitative estimate of drug-likeness (QED) is 0.168. The lowest BCUT2D eigenvalue weighted by molar-refractivity contribution is 0.668. The minimum atomic E-state index is 0.644. The lowest BCUT2D eigenvalue weighted by Gasteiger charge is -2.14. The minimum absolute atomic E-state index is 0.644. The molecule has 0 unspecified atom stereocenters. The number of benzene rings is 9. The number of hydrogen-bond donors (Lipinski definition) is 0. The van der Waals surface area contributed by atoms with Gasteiger partial charge in [-0.1, -0.05) is 127 Å². The summed E-state index contributed by atoms with van der Waals surface area (Å²) in [5, 5.41) is 6.82. The van der Waals surface area contributed by atoms with Crippen LogP contribution in [0.3, 0.4) is 0 Å². The molecule has 0 atom stereocenters. The molecule has 4 heterocycles. The first kappa shape index (κ1) is 35.2. The van der Waals surface area contributed by atoms with Gasteiger partial charge in [-0.05, 0) is 107 Å². The molecule has 0 bridgehead atoms. The van der Waals surface area contributed by atoms with Gasteiger partial charge in [0.1, 0.15) is 22.3 Å². The monoisotopic (exact) mass is 805 g/mol. The summed E-state index contributed by atoms with van der Waals surface area (Å²) in [5.41, 5.74) is 15.8. The zero-order chi connectivity index (χ0) is 41.4. The van der Waals surface area contributed by atoms with Crippen LogP contribution in [-0.2, 0) is 0 Å². The molecule has 5 heteroatoms. The van der Waals surface area contributed by atoms with E-state index in [1.165, 1.54) is 21.8 Å². The molecule has 4 aromatic heterocycles. The van der Waals surface area contributed by atoms with E-state index in [1.54, 1.807) is 0 Å². The highest BCUT2D eigenvalue weighted by molar-refractivity contribution is 6.10. The highest BCUT2D eigenvalue weighted by atomic mass is 16.3. The maximum absolute atomic E-state index is 6.24. The Bertz CT molecular complexity index is 3730. The summed E-state index contributed by atoms with van der Waals surface area (Å²) in [4.78, 5) is 10.7. The van der Waals surface area contributed by atoms with Crippen molar-refractivity contribution >= 4 is 65.7 Å². The number of hydrogen-bond acceptors (Lipinski definition) is 4. The van der Waals surface area contributed by atoms with Gasteiger partial charge in [-0.2, -0.15) is 0 Å². The van der Waals surface area contributed by atoms with Crippen LogP contribution in [0.4, 0.5) is 0 Å². The van der Waals surface area contributed by atoms with Gasteiger partial charge in [0.15, 0.2) is 5.82 Å². The van der Waals surface area contributed by atoms with Crippen molar-refractivity contribution in [3.05, 3.63) is 212 Å². The van der Waals surface area contributed by atoms with Crippen LogP contribution < -0.4 is 0 Å². The van der Waals surface area contributed by atoms with Crippen LogP contribution in [0.2, 0.25) is 0 Å². The van der Waals surface area contributed by atoms with Crippen molar-refractivity contribution in [2.24, 2.45) is 0 Å². The molecule has 0 spiro atoms.